The molecular formula is C18H32IN7O. The molecule has 2 aliphatic heterocycles. The molecule has 0 saturated carbocycles. The van der Waals surface area contributed by atoms with Crippen molar-refractivity contribution in [3.8, 4) is 0 Å². The van der Waals surface area contributed by atoms with Crippen molar-refractivity contribution in [2.45, 2.75) is 65.0 Å². The van der Waals surface area contributed by atoms with Crippen molar-refractivity contribution in [3.05, 3.63) is 11.6 Å². The maximum absolute atomic E-state index is 11.6. The summed E-state index contributed by atoms with van der Waals surface area (Å²) in [5.41, 5.74) is 0. The van der Waals surface area contributed by atoms with E-state index in [-0.39, 0.29) is 29.9 Å². The molecule has 3 rings (SSSR count). The van der Waals surface area contributed by atoms with Crippen LogP contribution in [0, 0.1) is 0 Å². The highest BCUT2D eigenvalue weighted by atomic mass is 127. The molecule has 0 atom stereocenters. The van der Waals surface area contributed by atoms with Crippen molar-refractivity contribution < 1.29 is 4.79 Å². The zero-order valence-corrected chi connectivity index (χ0v) is 18.6. The van der Waals surface area contributed by atoms with Crippen LogP contribution in [0.15, 0.2) is 4.99 Å². The minimum Gasteiger partial charge on any atom is -0.357 e. The van der Waals surface area contributed by atoms with E-state index in [1.807, 2.05) is 4.90 Å². The molecule has 0 bridgehead atoms. The summed E-state index contributed by atoms with van der Waals surface area (Å²) >= 11 is 0. The maximum Gasteiger partial charge on any atom is 0.222 e. The van der Waals surface area contributed by atoms with E-state index in [1.54, 1.807) is 0 Å². The molecule has 0 radical (unpaired) electrons. The molecule has 2 aliphatic rings. The summed E-state index contributed by atoms with van der Waals surface area (Å²) in [6, 6.07) is 0. The van der Waals surface area contributed by atoms with Gasteiger partial charge >= 0.3 is 0 Å². The number of likely N-dealkylation sites (tertiary alicyclic amines) is 1. The van der Waals surface area contributed by atoms with E-state index in [2.05, 4.69) is 37.3 Å². The Balaban J connectivity index is 0.00000261. The van der Waals surface area contributed by atoms with Crippen molar-refractivity contribution in [3.63, 3.8) is 0 Å². The Kier molecular flexibility index (Phi) is 9.29. The highest BCUT2D eigenvalue weighted by molar-refractivity contribution is 14.0. The van der Waals surface area contributed by atoms with E-state index in [4.69, 9.17) is 0 Å². The predicted octanol–water partition coefficient (Wildman–Crippen LogP) is 1.69. The summed E-state index contributed by atoms with van der Waals surface area (Å²) in [4.78, 5) is 18.3. The molecular weight excluding hydrogens is 457 g/mol. The van der Waals surface area contributed by atoms with Gasteiger partial charge in [0.15, 0.2) is 11.8 Å². The number of nitrogens with one attached hydrogen (secondary N) is 2. The van der Waals surface area contributed by atoms with Gasteiger partial charge in [0.25, 0.3) is 0 Å². The van der Waals surface area contributed by atoms with Crippen LogP contribution in [0.5, 0.6) is 0 Å². The standard InChI is InChI=1S/C18H31N7O.HI/c1-2-19-18(20-10-7-12-24-11-6-9-17(24)26)21-14-16-23-22-15-8-4-3-5-13-25(15)16;/h2-14H2,1H3,(H2,19,20,21);1H. The predicted molar refractivity (Wildman–Crippen MR) is 116 cm³/mol. The van der Waals surface area contributed by atoms with Gasteiger partial charge < -0.3 is 20.1 Å². The first-order valence-electron chi connectivity index (χ1n) is 9.99. The van der Waals surface area contributed by atoms with Crippen molar-refractivity contribution in [1.29, 1.82) is 0 Å². The minimum atomic E-state index is 0. The van der Waals surface area contributed by atoms with E-state index >= 15 is 0 Å². The van der Waals surface area contributed by atoms with Gasteiger partial charge in [-0.05, 0) is 32.6 Å². The SMILES string of the molecule is CCNC(=NCc1nnc2n1CCCCC2)NCCCN1CCCC1=O.I. The topological polar surface area (TPSA) is 87.4 Å². The van der Waals surface area contributed by atoms with Gasteiger partial charge in [-0.1, -0.05) is 6.42 Å². The lowest BCUT2D eigenvalue weighted by Gasteiger charge is -2.16. The number of aryl methyl sites for hydroxylation is 1. The fourth-order valence-electron chi connectivity index (χ4n) is 3.57. The van der Waals surface area contributed by atoms with Crippen LogP contribution in [0.25, 0.3) is 0 Å². The first kappa shape index (κ1) is 21.9. The van der Waals surface area contributed by atoms with Gasteiger partial charge in [-0.25, -0.2) is 4.99 Å². The number of aromatic nitrogens is 3. The number of rotatable bonds is 7. The monoisotopic (exact) mass is 489 g/mol. The Labute approximate surface area is 178 Å². The normalized spacial score (nSPS) is 17.3. The number of hydrogen-bond donors (Lipinski definition) is 2. The van der Waals surface area contributed by atoms with E-state index in [0.717, 1.165) is 69.6 Å². The smallest absolute Gasteiger partial charge is 0.222 e. The third kappa shape index (κ3) is 6.32. The zero-order valence-electron chi connectivity index (χ0n) is 16.2. The van der Waals surface area contributed by atoms with Crippen LogP contribution in [0.1, 0.15) is 57.1 Å². The highest BCUT2D eigenvalue weighted by Crippen LogP contribution is 2.14. The second-order valence-electron chi connectivity index (χ2n) is 6.95. The molecule has 2 N–H and O–H groups in total. The Morgan fingerprint density at radius 2 is 2.00 bits per heavy atom. The lowest BCUT2D eigenvalue weighted by Crippen LogP contribution is -2.39. The van der Waals surface area contributed by atoms with E-state index < -0.39 is 0 Å². The minimum absolute atomic E-state index is 0. The average Bonchev–Trinajstić information content (AvgIpc) is 3.14. The number of carbonyl (C=O) groups excluding carboxylic acids is 1. The maximum atomic E-state index is 11.6. The van der Waals surface area contributed by atoms with E-state index in [9.17, 15) is 4.79 Å². The summed E-state index contributed by atoms with van der Waals surface area (Å²) in [5, 5.41) is 15.3. The second-order valence-corrected chi connectivity index (χ2v) is 6.95. The molecule has 0 aliphatic carbocycles. The summed E-state index contributed by atoms with van der Waals surface area (Å²) < 4.78 is 2.24. The highest BCUT2D eigenvalue weighted by Gasteiger charge is 2.19. The van der Waals surface area contributed by atoms with Crippen LogP contribution in [0.2, 0.25) is 0 Å². The van der Waals surface area contributed by atoms with Gasteiger partial charge in [-0.3, -0.25) is 4.79 Å². The molecule has 27 heavy (non-hydrogen) atoms. The summed E-state index contributed by atoms with van der Waals surface area (Å²) in [5.74, 6) is 3.13. The molecule has 1 aromatic heterocycles. The Morgan fingerprint density at radius 3 is 2.78 bits per heavy atom. The number of halogens is 1. The fourth-order valence-corrected chi connectivity index (χ4v) is 3.57. The van der Waals surface area contributed by atoms with Crippen LogP contribution < -0.4 is 10.6 Å². The lowest BCUT2D eigenvalue weighted by atomic mass is 10.2. The molecule has 0 unspecified atom stereocenters. The number of fused-ring (bicyclic) bond motifs is 1. The average molecular weight is 489 g/mol. The van der Waals surface area contributed by atoms with Crippen LogP contribution in [-0.4, -0.2) is 57.7 Å². The third-order valence-corrected chi connectivity index (χ3v) is 4.98. The van der Waals surface area contributed by atoms with Crippen LogP contribution >= 0.6 is 24.0 Å². The van der Waals surface area contributed by atoms with Gasteiger partial charge in [0.1, 0.15) is 12.4 Å². The number of aliphatic imine (C=N–C) groups is 1. The quantitative estimate of drug-likeness (QED) is 0.264. The Bertz CT molecular complexity index is 631. The van der Waals surface area contributed by atoms with Crippen LogP contribution in [0.3, 0.4) is 0 Å². The Morgan fingerprint density at radius 1 is 1.11 bits per heavy atom. The van der Waals surface area contributed by atoms with Crippen molar-refractivity contribution in [2.24, 2.45) is 4.99 Å². The molecule has 0 aromatic carbocycles. The molecule has 152 valence electrons. The molecule has 1 saturated heterocycles. The van der Waals surface area contributed by atoms with Crippen LogP contribution in [0.4, 0.5) is 0 Å². The molecule has 1 fully saturated rings. The van der Waals surface area contributed by atoms with Gasteiger partial charge in [-0.2, -0.15) is 0 Å². The van der Waals surface area contributed by atoms with Crippen LogP contribution in [-0.2, 0) is 24.3 Å². The van der Waals surface area contributed by atoms with Crippen molar-refractivity contribution in [2.75, 3.05) is 26.2 Å². The van der Waals surface area contributed by atoms with E-state index in [0.29, 0.717) is 13.0 Å². The second kappa shape index (κ2) is 11.5. The number of hydrogen-bond acceptors (Lipinski definition) is 4. The molecule has 9 heteroatoms. The van der Waals surface area contributed by atoms with Crippen molar-refractivity contribution >= 4 is 35.8 Å². The molecule has 8 nitrogen and oxygen atoms in total. The summed E-state index contributed by atoms with van der Waals surface area (Å²) in [7, 11) is 0. The zero-order chi connectivity index (χ0) is 18.2. The van der Waals surface area contributed by atoms with Gasteiger partial charge in [-0.15, -0.1) is 34.2 Å². The lowest BCUT2D eigenvalue weighted by molar-refractivity contribution is -0.127. The number of amides is 1. The number of carbonyl (C=O) groups is 1. The number of guanidine groups is 1. The largest absolute Gasteiger partial charge is 0.357 e. The molecule has 1 amide bonds. The number of nitrogens with zero attached hydrogens (tertiary/aromatic N) is 5. The molecule has 3 heterocycles. The molecule has 1 aromatic rings. The fraction of sp³-hybridized carbons (Fsp3) is 0.778. The first-order valence-corrected chi connectivity index (χ1v) is 9.99. The third-order valence-electron chi connectivity index (χ3n) is 4.98. The van der Waals surface area contributed by atoms with E-state index in [1.165, 1.54) is 19.3 Å². The van der Waals surface area contributed by atoms with Gasteiger partial charge in [0, 0.05) is 45.6 Å². The van der Waals surface area contributed by atoms with Gasteiger partial charge in [0.2, 0.25) is 5.91 Å². The summed E-state index contributed by atoms with van der Waals surface area (Å²) in [6.45, 7) is 6.94. The first-order chi connectivity index (χ1) is 12.8. The summed E-state index contributed by atoms with van der Waals surface area (Å²) in [6.07, 6.45) is 7.30. The Hall–Kier alpha value is -1.39. The van der Waals surface area contributed by atoms with Gasteiger partial charge in [0.05, 0.1) is 0 Å². The van der Waals surface area contributed by atoms with Crippen molar-refractivity contribution in [1.82, 2.24) is 30.3 Å². The molecule has 0 spiro atoms.